The van der Waals surface area contributed by atoms with Crippen LogP contribution in [-0.2, 0) is 0 Å². The van der Waals surface area contributed by atoms with E-state index < -0.39 is 6.10 Å². The number of aromatic nitrogens is 1. The summed E-state index contributed by atoms with van der Waals surface area (Å²) in [6.45, 7) is 6.24. The molecule has 1 unspecified atom stereocenters. The molecule has 0 saturated heterocycles. The van der Waals surface area contributed by atoms with Crippen LogP contribution in [0.5, 0.6) is 0 Å². The lowest BCUT2D eigenvalue weighted by molar-refractivity contribution is 0.0903. The third-order valence-electron chi connectivity index (χ3n) is 2.54. The molecule has 0 aliphatic carbocycles. The van der Waals surface area contributed by atoms with E-state index in [1.165, 1.54) is 0 Å². The molecule has 1 aromatic heterocycles. The van der Waals surface area contributed by atoms with Gasteiger partial charge in [-0.05, 0) is 32.4 Å². The maximum absolute atomic E-state index is 11.8. The first-order valence-electron chi connectivity index (χ1n) is 5.69. The second-order valence-electron chi connectivity index (χ2n) is 4.17. The Bertz CT molecular complexity index is 345. The molecule has 0 fully saturated rings. The monoisotopic (exact) mass is 224 g/mol. The number of nitrogens with zero attached hydrogens (tertiary/aromatic N) is 1. The molecule has 4 nitrogen and oxygen atoms in total. The number of aliphatic hydroxyl groups is 1. The topological polar surface area (TPSA) is 54.3 Å². The predicted molar refractivity (Wildman–Crippen MR) is 63.4 cm³/mol. The van der Waals surface area contributed by atoms with Crippen LogP contribution in [-0.4, -0.2) is 28.2 Å². The quantitative estimate of drug-likeness (QED) is 0.797. The highest BCUT2D eigenvalue weighted by molar-refractivity contribution is 5.92. The van der Waals surface area contributed by atoms with E-state index >= 15 is 0 Å². The lowest BCUT2D eigenvalue weighted by atomic mass is 10.2. The van der Waals surface area contributed by atoms with Crippen LogP contribution in [0.3, 0.4) is 0 Å². The van der Waals surface area contributed by atoms with Crippen LogP contribution in [0.25, 0.3) is 0 Å². The van der Waals surface area contributed by atoms with E-state index in [1.807, 2.05) is 37.6 Å². The smallest absolute Gasteiger partial charge is 0.268 e. The van der Waals surface area contributed by atoms with E-state index in [0.717, 1.165) is 0 Å². The summed E-state index contributed by atoms with van der Waals surface area (Å²) in [5.74, 6) is -0.133. The van der Waals surface area contributed by atoms with Gasteiger partial charge in [0.1, 0.15) is 5.69 Å². The minimum Gasteiger partial charge on any atom is -0.391 e. The summed E-state index contributed by atoms with van der Waals surface area (Å²) in [5, 5.41) is 12.1. The fourth-order valence-electron chi connectivity index (χ4n) is 1.48. The van der Waals surface area contributed by atoms with Gasteiger partial charge >= 0.3 is 0 Å². The molecule has 0 aliphatic heterocycles. The molecule has 0 saturated carbocycles. The summed E-state index contributed by atoms with van der Waals surface area (Å²) in [6, 6.07) is 3.89. The SMILES string of the molecule is CCC(O)CNC(=O)c1cccn1C(C)C. The fraction of sp³-hybridized carbons (Fsp3) is 0.583. The molecule has 4 heteroatoms. The van der Waals surface area contributed by atoms with Gasteiger partial charge in [0.2, 0.25) is 0 Å². The van der Waals surface area contributed by atoms with Crippen LogP contribution in [0, 0.1) is 0 Å². The molecule has 90 valence electrons. The number of rotatable bonds is 5. The summed E-state index contributed by atoms with van der Waals surface area (Å²) in [6.07, 6.45) is 2.06. The summed E-state index contributed by atoms with van der Waals surface area (Å²) in [5.41, 5.74) is 0.637. The first kappa shape index (κ1) is 12.8. The van der Waals surface area contributed by atoms with Gasteiger partial charge in [0.05, 0.1) is 6.10 Å². The Morgan fingerprint density at radius 1 is 1.56 bits per heavy atom. The van der Waals surface area contributed by atoms with Crippen LogP contribution < -0.4 is 5.32 Å². The molecule has 0 aliphatic rings. The van der Waals surface area contributed by atoms with Crippen LogP contribution in [0.2, 0.25) is 0 Å². The molecule has 2 N–H and O–H groups in total. The lowest BCUT2D eigenvalue weighted by Gasteiger charge is -2.14. The molecule has 1 rings (SSSR count). The molecule has 0 spiro atoms. The van der Waals surface area contributed by atoms with Crippen LogP contribution >= 0.6 is 0 Å². The summed E-state index contributed by atoms with van der Waals surface area (Å²) in [4.78, 5) is 11.8. The van der Waals surface area contributed by atoms with E-state index in [-0.39, 0.29) is 11.9 Å². The first-order chi connectivity index (χ1) is 7.56. The second kappa shape index (κ2) is 5.70. The molecule has 1 atom stereocenters. The van der Waals surface area contributed by atoms with Gasteiger partial charge in [-0.2, -0.15) is 0 Å². The van der Waals surface area contributed by atoms with Crippen molar-refractivity contribution in [3.63, 3.8) is 0 Å². The van der Waals surface area contributed by atoms with Gasteiger partial charge in [-0.1, -0.05) is 6.92 Å². The molecule has 0 aromatic carbocycles. The van der Waals surface area contributed by atoms with Gasteiger partial charge < -0.3 is 15.0 Å². The van der Waals surface area contributed by atoms with Crippen molar-refractivity contribution in [2.45, 2.75) is 39.3 Å². The fourth-order valence-corrected chi connectivity index (χ4v) is 1.48. The Morgan fingerprint density at radius 2 is 2.25 bits per heavy atom. The number of hydrogen-bond acceptors (Lipinski definition) is 2. The molecule has 1 heterocycles. The third-order valence-corrected chi connectivity index (χ3v) is 2.54. The van der Waals surface area contributed by atoms with Crippen LogP contribution in [0.15, 0.2) is 18.3 Å². The maximum Gasteiger partial charge on any atom is 0.268 e. The third kappa shape index (κ3) is 3.10. The summed E-state index contributed by atoms with van der Waals surface area (Å²) < 4.78 is 1.91. The Hall–Kier alpha value is -1.29. The highest BCUT2D eigenvalue weighted by Gasteiger charge is 2.13. The molecule has 1 amide bonds. The van der Waals surface area contributed by atoms with Crippen molar-refractivity contribution < 1.29 is 9.90 Å². The average molecular weight is 224 g/mol. The maximum atomic E-state index is 11.8. The van der Waals surface area contributed by atoms with Gasteiger partial charge in [-0.3, -0.25) is 4.79 Å². The van der Waals surface area contributed by atoms with E-state index in [9.17, 15) is 9.90 Å². The number of hydrogen-bond donors (Lipinski definition) is 2. The Morgan fingerprint density at radius 3 is 2.81 bits per heavy atom. The van der Waals surface area contributed by atoms with Gasteiger partial charge in [-0.25, -0.2) is 0 Å². The largest absolute Gasteiger partial charge is 0.391 e. The Kier molecular flexibility index (Phi) is 4.55. The number of carbonyl (C=O) groups is 1. The summed E-state index contributed by atoms with van der Waals surface area (Å²) >= 11 is 0. The first-order valence-corrected chi connectivity index (χ1v) is 5.69. The Labute approximate surface area is 96.3 Å². The molecule has 0 bridgehead atoms. The van der Waals surface area contributed by atoms with Gasteiger partial charge in [0.25, 0.3) is 5.91 Å². The molecule has 1 aromatic rings. The zero-order valence-corrected chi connectivity index (χ0v) is 10.1. The number of aliphatic hydroxyl groups excluding tert-OH is 1. The number of carbonyl (C=O) groups excluding carboxylic acids is 1. The number of nitrogens with one attached hydrogen (secondary N) is 1. The van der Waals surface area contributed by atoms with Crippen molar-refractivity contribution in [3.05, 3.63) is 24.0 Å². The summed E-state index contributed by atoms with van der Waals surface area (Å²) in [7, 11) is 0. The van der Waals surface area contributed by atoms with E-state index in [2.05, 4.69) is 5.32 Å². The Balaban J connectivity index is 2.62. The minimum atomic E-state index is -0.466. The van der Waals surface area contributed by atoms with Crippen LogP contribution in [0.4, 0.5) is 0 Å². The van der Waals surface area contributed by atoms with E-state index in [4.69, 9.17) is 0 Å². The van der Waals surface area contributed by atoms with Crippen molar-refractivity contribution >= 4 is 5.91 Å². The highest BCUT2D eigenvalue weighted by Crippen LogP contribution is 2.10. The van der Waals surface area contributed by atoms with Gasteiger partial charge in [-0.15, -0.1) is 0 Å². The molecular formula is C12H20N2O2. The lowest BCUT2D eigenvalue weighted by Crippen LogP contribution is -2.33. The van der Waals surface area contributed by atoms with Crippen molar-refractivity contribution in [1.82, 2.24) is 9.88 Å². The highest BCUT2D eigenvalue weighted by atomic mass is 16.3. The van der Waals surface area contributed by atoms with E-state index in [0.29, 0.717) is 18.7 Å². The zero-order chi connectivity index (χ0) is 12.1. The molecular weight excluding hydrogens is 204 g/mol. The van der Waals surface area contributed by atoms with E-state index in [1.54, 1.807) is 6.07 Å². The van der Waals surface area contributed by atoms with Crippen molar-refractivity contribution in [2.75, 3.05) is 6.54 Å². The van der Waals surface area contributed by atoms with Crippen LogP contribution in [0.1, 0.15) is 43.7 Å². The molecule has 16 heavy (non-hydrogen) atoms. The number of amides is 1. The van der Waals surface area contributed by atoms with Crippen molar-refractivity contribution in [3.8, 4) is 0 Å². The van der Waals surface area contributed by atoms with Crippen molar-refractivity contribution in [1.29, 1.82) is 0 Å². The predicted octanol–water partition coefficient (Wildman–Crippen LogP) is 1.57. The average Bonchev–Trinajstić information content (AvgIpc) is 2.74. The van der Waals surface area contributed by atoms with Gasteiger partial charge in [0.15, 0.2) is 0 Å². The van der Waals surface area contributed by atoms with Crippen molar-refractivity contribution in [2.24, 2.45) is 0 Å². The normalized spacial score (nSPS) is 12.8. The molecule has 0 radical (unpaired) electrons. The van der Waals surface area contributed by atoms with Gasteiger partial charge in [0, 0.05) is 18.8 Å². The minimum absolute atomic E-state index is 0.133. The second-order valence-corrected chi connectivity index (χ2v) is 4.17. The standard InChI is InChI=1S/C12H20N2O2/c1-4-10(15)8-13-12(16)11-6-5-7-14(11)9(2)3/h5-7,9-10,15H,4,8H2,1-3H3,(H,13,16). The zero-order valence-electron chi connectivity index (χ0n) is 10.1.